The predicted octanol–water partition coefficient (Wildman–Crippen LogP) is 10.7. The Bertz CT molecular complexity index is 2780. The van der Waals surface area contributed by atoms with Gasteiger partial charge in [-0.2, -0.15) is 0 Å². The molecule has 0 radical (unpaired) electrons. The van der Waals surface area contributed by atoms with Crippen molar-refractivity contribution in [2.75, 3.05) is 0 Å². The monoisotopic (exact) mass is 621 g/mol. The van der Waals surface area contributed by atoms with Gasteiger partial charge in [0.1, 0.15) is 17.0 Å². The minimum Gasteiger partial charge on any atom is -0.456 e. The first kappa shape index (κ1) is 26.1. The number of furan rings is 1. The highest BCUT2D eigenvalue weighted by atomic mass is 32.1. The number of aromatic amines is 1. The topological polar surface area (TPSA) is 80.5 Å². The number of imidazole rings is 1. The summed E-state index contributed by atoms with van der Waals surface area (Å²) in [6.07, 6.45) is 0. The summed E-state index contributed by atoms with van der Waals surface area (Å²) in [5.41, 5.74) is 7.39. The lowest BCUT2D eigenvalue weighted by atomic mass is 10.0. The maximum atomic E-state index is 6.24. The second-order valence-corrected chi connectivity index (χ2v) is 12.6. The van der Waals surface area contributed by atoms with Crippen molar-refractivity contribution in [1.82, 2.24) is 24.9 Å². The van der Waals surface area contributed by atoms with E-state index in [4.69, 9.17) is 24.4 Å². The molecule has 0 aliphatic rings. The van der Waals surface area contributed by atoms with Gasteiger partial charge in [-0.1, -0.05) is 91.0 Å². The number of fused-ring (bicyclic) bond motifs is 7. The predicted molar refractivity (Wildman–Crippen MR) is 191 cm³/mol. The molecule has 0 aliphatic heterocycles. The summed E-state index contributed by atoms with van der Waals surface area (Å²) in [5.74, 6) is 2.66. The van der Waals surface area contributed by atoms with Gasteiger partial charge in [-0.3, -0.25) is 0 Å². The molecule has 0 saturated carbocycles. The summed E-state index contributed by atoms with van der Waals surface area (Å²) in [5, 5.41) is 4.39. The van der Waals surface area contributed by atoms with Crippen LogP contribution in [0.1, 0.15) is 0 Å². The summed E-state index contributed by atoms with van der Waals surface area (Å²) in [6.45, 7) is 0. The number of nitrogens with zero attached hydrogens (tertiary/aromatic N) is 4. The van der Waals surface area contributed by atoms with E-state index in [1.165, 1.54) is 4.70 Å². The molecule has 6 nitrogen and oxygen atoms in total. The van der Waals surface area contributed by atoms with E-state index in [9.17, 15) is 0 Å². The zero-order valence-electron chi connectivity index (χ0n) is 24.8. The van der Waals surface area contributed by atoms with E-state index in [1.807, 2.05) is 72.8 Å². The minimum absolute atomic E-state index is 0.588. The maximum absolute atomic E-state index is 6.24. The second-order valence-electron chi connectivity index (χ2n) is 11.5. The first-order chi connectivity index (χ1) is 23.3. The molecule has 220 valence electrons. The number of benzene rings is 6. The lowest BCUT2D eigenvalue weighted by Gasteiger charge is -2.10. The fourth-order valence-electron chi connectivity index (χ4n) is 6.54. The molecule has 0 saturated heterocycles. The fraction of sp³-hybridized carbons (Fsp3) is 0. The molecule has 0 atom stereocenters. The molecule has 0 spiro atoms. The second kappa shape index (κ2) is 10.2. The normalized spacial score (nSPS) is 11.8. The average Bonchev–Trinajstić information content (AvgIpc) is 3.84. The summed E-state index contributed by atoms with van der Waals surface area (Å²) in [7, 11) is 0. The van der Waals surface area contributed by atoms with Crippen LogP contribution in [-0.4, -0.2) is 24.9 Å². The van der Waals surface area contributed by atoms with E-state index in [0.717, 1.165) is 76.5 Å². The molecule has 1 N–H and O–H groups in total. The number of hydrogen-bond acceptors (Lipinski definition) is 6. The molecular formula is C40H23N5OS. The van der Waals surface area contributed by atoms with Crippen LogP contribution in [0.5, 0.6) is 0 Å². The minimum atomic E-state index is 0.588. The summed E-state index contributed by atoms with van der Waals surface area (Å²) >= 11 is 1.77. The van der Waals surface area contributed by atoms with Gasteiger partial charge in [0.2, 0.25) is 0 Å². The van der Waals surface area contributed by atoms with Gasteiger partial charge in [0.15, 0.2) is 17.5 Å². The third-order valence-corrected chi connectivity index (χ3v) is 9.83. The molecule has 0 bridgehead atoms. The molecule has 0 amide bonds. The van der Waals surface area contributed by atoms with Crippen molar-refractivity contribution in [2.45, 2.75) is 0 Å². The van der Waals surface area contributed by atoms with Crippen molar-refractivity contribution in [3.05, 3.63) is 133 Å². The highest BCUT2D eigenvalue weighted by Gasteiger charge is 2.20. The van der Waals surface area contributed by atoms with Crippen LogP contribution in [0.15, 0.2) is 138 Å². The lowest BCUT2D eigenvalue weighted by Crippen LogP contribution is -2.00. The van der Waals surface area contributed by atoms with Gasteiger partial charge >= 0.3 is 0 Å². The van der Waals surface area contributed by atoms with Crippen LogP contribution in [0.2, 0.25) is 0 Å². The molecule has 0 unspecified atom stereocenters. The molecule has 4 heterocycles. The average molecular weight is 622 g/mol. The Labute approximate surface area is 272 Å². The number of H-pyrrole nitrogens is 1. The Morgan fingerprint density at radius 1 is 0.489 bits per heavy atom. The summed E-state index contributed by atoms with van der Waals surface area (Å²) in [6, 6.07) is 45.3. The molecule has 10 rings (SSSR count). The van der Waals surface area contributed by atoms with Crippen LogP contribution in [0, 0.1) is 0 Å². The smallest absolute Gasteiger partial charge is 0.164 e. The Morgan fingerprint density at radius 2 is 1.17 bits per heavy atom. The van der Waals surface area contributed by atoms with Gasteiger partial charge in [-0.25, -0.2) is 19.9 Å². The molecule has 10 aromatic rings. The standard InChI is InChI=1S/C40H23N5OS/c1-2-10-23(11-3-1)37-43-38(24-20-21-26-25-12-4-7-17-31(25)46-32(26)22-24)45-40(44-37)28-14-9-19-34-36(28)35-27(13-8-18-33(35)47-34)39-41-29-15-5-6-16-30(29)42-39/h1-22H,(H,41,42). The van der Waals surface area contributed by atoms with Crippen molar-refractivity contribution in [2.24, 2.45) is 0 Å². The molecule has 7 heteroatoms. The van der Waals surface area contributed by atoms with Gasteiger partial charge in [0.05, 0.1) is 11.0 Å². The first-order valence-electron chi connectivity index (χ1n) is 15.4. The van der Waals surface area contributed by atoms with Crippen LogP contribution in [0.25, 0.3) is 98.7 Å². The zero-order valence-corrected chi connectivity index (χ0v) is 25.6. The molecule has 47 heavy (non-hydrogen) atoms. The fourth-order valence-corrected chi connectivity index (χ4v) is 7.70. The van der Waals surface area contributed by atoms with Gasteiger partial charge in [-0.05, 0) is 42.5 Å². The van der Waals surface area contributed by atoms with Gasteiger partial charge in [-0.15, -0.1) is 11.3 Å². The highest BCUT2D eigenvalue weighted by Crippen LogP contribution is 2.44. The van der Waals surface area contributed by atoms with Crippen LogP contribution in [0.3, 0.4) is 0 Å². The number of para-hydroxylation sites is 3. The van der Waals surface area contributed by atoms with Crippen LogP contribution >= 0.6 is 11.3 Å². The molecule has 6 aromatic carbocycles. The third-order valence-electron chi connectivity index (χ3n) is 8.71. The van der Waals surface area contributed by atoms with Crippen molar-refractivity contribution in [3.8, 4) is 45.6 Å². The summed E-state index contributed by atoms with van der Waals surface area (Å²) in [4.78, 5) is 23.8. The van der Waals surface area contributed by atoms with Crippen molar-refractivity contribution in [3.63, 3.8) is 0 Å². The van der Waals surface area contributed by atoms with Crippen LogP contribution in [0.4, 0.5) is 0 Å². The maximum Gasteiger partial charge on any atom is 0.164 e. The molecule has 0 fully saturated rings. The van der Waals surface area contributed by atoms with E-state index in [1.54, 1.807) is 11.3 Å². The van der Waals surface area contributed by atoms with Crippen molar-refractivity contribution in [1.29, 1.82) is 0 Å². The molecular weight excluding hydrogens is 599 g/mol. The largest absolute Gasteiger partial charge is 0.456 e. The van der Waals surface area contributed by atoms with E-state index >= 15 is 0 Å². The zero-order chi connectivity index (χ0) is 30.9. The Hall–Kier alpha value is -6.18. The van der Waals surface area contributed by atoms with Gasteiger partial charge < -0.3 is 9.40 Å². The number of rotatable bonds is 4. The first-order valence-corrected chi connectivity index (χ1v) is 16.2. The van der Waals surface area contributed by atoms with E-state index in [-0.39, 0.29) is 0 Å². The highest BCUT2D eigenvalue weighted by molar-refractivity contribution is 7.26. The molecule has 4 aromatic heterocycles. The SMILES string of the molecule is c1ccc(-c2nc(-c3ccc4c(c3)oc3ccccc34)nc(-c3cccc4sc5cccc(-c6nc7ccccc7[nH]6)c5c34)n2)cc1. The number of nitrogens with one attached hydrogen (secondary N) is 1. The van der Waals surface area contributed by atoms with E-state index < -0.39 is 0 Å². The Kier molecular flexibility index (Phi) is 5.64. The van der Waals surface area contributed by atoms with Crippen LogP contribution in [-0.2, 0) is 0 Å². The van der Waals surface area contributed by atoms with E-state index in [0.29, 0.717) is 17.5 Å². The third kappa shape index (κ3) is 4.17. The number of thiophene rings is 1. The van der Waals surface area contributed by atoms with Gasteiger partial charge in [0, 0.05) is 53.2 Å². The van der Waals surface area contributed by atoms with Crippen molar-refractivity contribution < 1.29 is 4.42 Å². The number of hydrogen-bond donors (Lipinski definition) is 1. The Morgan fingerprint density at radius 3 is 2.02 bits per heavy atom. The number of aromatic nitrogens is 5. The summed E-state index contributed by atoms with van der Waals surface area (Å²) < 4.78 is 8.58. The molecule has 0 aliphatic carbocycles. The van der Waals surface area contributed by atoms with Crippen molar-refractivity contribution >= 4 is 64.5 Å². The lowest BCUT2D eigenvalue weighted by molar-refractivity contribution is 0.669. The van der Waals surface area contributed by atoms with Crippen LogP contribution < -0.4 is 0 Å². The van der Waals surface area contributed by atoms with E-state index in [2.05, 4.69) is 65.6 Å². The van der Waals surface area contributed by atoms with Gasteiger partial charge in [0.25, 0.3) is 0 Å². The Balaban J connectivity index is 1.23. The quantitative estimate of drug-likeness (QED) is 0.211.